The predicted molar refractivity (Wildman–Crippen MR) is 127 cm³/mol. The molecule has 0 aromatic heterocycles. The van der Waals surface area contributed by atoms with Gasteiger partial charge in [-0.3, -0.25) is 9.69 Å². The van der Waals surface area contributed by atoms with E-state index in [9.17, 15) is 22.8 Å². The van der Waals surface area contributed by atoms with E-state index in [1.54, 1.807) is 12.1 Å². The number of alkyl halides is 3. The summed E-state index contributed by atoms with van der Waals surface area (Å²) < 4.78 is 46.3. The van der Waals surface area contributed by atoms with Crippen molar-refractivity contribution < 1.29 is 32.2 Å². The van der Waals surface area contributed by atoms with Gasteiger partial charge in [0.1, 0.15) is 5.75 Å². The highest BCUT2D eigenvalue weighted by atomic mass is 19.4. The molecule has 1 amide bonds. The number of halogens is 3. The van der Waals surface area contributed by atoms with E-state index in [0.717, 1.165) is 35.3 Å². The molecule has 0 radical (unpaired) electrons. The number of methoxy groups -OCH3 is 1. The second kappa shape index (κ2) is 10.2. The zero-order valence-corrected chi connectivity index (χ0v) is 19.8. The van der Waals surface area contributed by atoms with E-state index in [1.807, 2.05) is 24.3 Å². The third-order valence-electron chi connectivity index (χ3n) is 5.34. The van der Waals surface area contributed by atoms with E-state index < -0.39 is 24.0 Å². The van der Waals surface area contributed by atoms with E-state index in [1.165, 1.54) is 17.7 Å². The number of benzene rings is 3. The van der Waals surface area contributed by atoms with E-state index >= 15 is 0 Å². The van der Waals surface area contributed by atoms with Crippen LogP contribution in [-0.2, 0) is 26.3 Å². The van der Waals surface area contributed by atoms with Gasteiger partial charge in [0.2, 0.25) is 0 Å². The minimum Gasteiger partial charge on any atom is -0.462 e. The fourth-order valence-corrected chi connectivity index (χ4v) is 3.50. The van der Waals surface area contributed by atoms with Gasteiger partial charge in [0.25, 0.3) is 0 Å². The van der Waals surface area contributed by atoms with Crippen LogP contribution in [0.15, 0.2) is 72.8 Å². The molecule has 5 nitrogen and oxygen atoms in total. The Hall–Kier alpha value is -3.81. The van der Waals surface area contributed by atoms with Gasteiger partial charge in [0, 0.05) is 5.69 Å². The van der Waals surface area contributed by atoms with E-state index in [4.69, 9.17) is 0 Å². The molecule has 0 saturated heterocycles. The summed E-state index contributed by atoms with van der Waals surface area (Å²) in [6, 6.07) is 20.3. The Morgan fingerprint density at radius 2 is 1.43 bits per heavy atom. The lowest BCUT2D eigenvalue weighted by Crippen LogP contribution is -2.36. The summed E-state index contributed by atoms with van der Waals surface area (Å²) in [6.07, 6.45) is -4.85. The fraction of sp³-hybridized carbons (Fsp3) is 0.259. The summed E-state index contributed by atoms with van der Waals surface area (Å²) in [5.41, 5.74) is 3.83. The summed E-state index contributed by atoms with van der Waals surface area (Å²) in [4.78, 5) is 25.8. The van der Waals surface area contributed by atoms with Crippen LogP contribution in [-0.4, -0.2) is 25.3 Å². The predicted octanol–water partition coefficient (Wildman–Crippen LogP) is 6.26. The lowest BCUT2D eigenvalue weighted by atomic mass is 9.86. The number of hydrogen-bond acceptors (Lipinski definition) is 4. The summed E-state index contributed by atoms with van der Waals surface area (Å²) in [7, 11) is 1.08. The molecule has 0 spiro atoms. The first-order valence-electron chi connectivity index (χ1n) is 10.8. The molecule has 0 unspecified atom stereocenters. The van der Waals surface area contributed by atoms with Crippen molar-refractivity contribution in [3.63, 3.8) is 0 Å². The molecule has 0 aliphatic heterocycles. The fourth-order valence-electron chi connectivity index (χ4n) is 3.50. The summed E-state index contributed by atoms with van der Waals surface area (Å²) in [5.74, 6) is -2.46. The number of anilines is 1. The average Bonchev–Trinajstić information content (AvgIpc) is 2.80. The Balaban J connectivity index is 1.89. The van der Waals surface area contributed by atoms with Crippen LogP contribution in [0.2, 0.25) is 0 Å². The third-order valence-corrected chi connectivity index (χ3v) is 5.34. The van der Waals surface area contributed by atoms with E-state index in [-0.39, 0.29) is 12.0 Å². The molecule has 3 aromatic carbocycles. The molecule has 0 fully saturated rings. The standard InChI is InChI=1S/C27H26F3NO4/c1-26(2,3)21-12-8-19(9-13-21)20-10-14-22(15-11-20)31(24(32)25(33)34-4)17-18-6-5-7-23(16-18)35-27(28,29)30/h5-16H,17H2,1-4H3. The van der Waals surface area contributed by atoms with Crippen molar-refractivity contribution in [1.82, 2.24) is 0 Å². The monoisotopic (exact) mass is 485 g/mol. The Morgan fingerprint density at radius 1 is 0.857 bits per heavy atom. The zero-order chi connectivity index (χ0) is 25.8. The first-order valence-corrected chi connectivity index (χ1v) is 10.8. The Kier molecular flexibility index (Phi) is 7.53. The first-order chi connectivity index (χ1) is 16.4. The molecule has 0 bridgehead atoms. The van der Waals surface area contributed by atoms with Crippen LogP contribution in [0.4, 0.5) is 18.9 Å². The molecule has 0 heterocycles. The van der Waals surface area contributed by atoms with Crippen LogP contribution in [0.5, 0.6) is 5.75 Å². The quantitative estimate of drug-likeness (QED) is 0.316. The lowest BCUT2D eigenvalue weighted by molar-refractivity contribution is -0.274. The molecule has 3 aromatic rings. The number of esters is 1. The van der Waals surface area contributed by atoms with Gasteiger partial charge in [-0.2, -0.15) is 0 Å². The second-order valence-electron chi connectivity index (χ2n) is 8.95. The zero-order valence-electron chi connectivity index (χ0n) is 19.8. The Labute approximate surface area is 202 Å². The van der Waals surface area contributed by atoms with Gasteiger partial charge in [0.15, 0.2) is 0 Å². The normalized spacial score (nSPS) is 11.6. The summed E-state index contributed by atoms with van der Waals surface area (Å²) in [6.45, 7) is 6.24. The molecule has 184 valence electrons. The van der Waals surface area contributed by atoms with Gasteiger partial charge in [-0.05, 0) is 51.9 Å². The third kappa shape index (κ3) is 6.85. The highest BCUT2D eigenvalue weighted by Crippen LogP contribution is 2.29. The Bertz CT molecular complexity index is 1180. The highest BCUT2D eigenvalue weighted by molar-refractivity contribution is 6.38. The number of rotatable bonds is 5. The van der Waals surface area contributed by atoms with Crippen molar-refractivity contribution in [2.75, 3.05) is 12.0 Å². The van der Waals surface area contributed by atoms with Gasteiger partial charge in [-0.15, -0.1) is 13.2 Å². The van der Waals surface area contributed by atoms with E-state index in [2.05, 4.69) is 42.4 Å². The molecule has 35 heavy (non-hydrogen) atoms. The number of nitrogens with zero attached hydrogens (tertiary/aromatic N) is 1. The molecular formula is C27H26F3NO4. The van der Waals surface area contributed by atoms with Crippen LogP contribution in [0.25, 0.3) is 11.1 Å². The summed E-state index contributed by atoms with van der Waals surface area (Å²) in [5, 5.41) is 0. The molecule has 0 aliphatic carbocycles. The molecule has 0 saturated carbocycles. The van der Waals surface area contributed by atoms with Crippen molar-refractivity contribution in [1.29, 1.82) is 0 Å². The largest absolute Gasteiger partial charge is 0.573 e. The number of hydrogen-bond donors (Lipinski definition) is 0. The molecule has 0 aliphatic rings. The maximum Gasteiger partial charge on any atom is 0.573 e. The van der Waals surface area contributed by atoms with Crippen LogP contribution in [0.3, 0.4) is 0 Å². The molecule has 0 N–H and O–H groups in total. The maximum atomic E-state index is 12.7. The molecular weight excluding hydrogens is 459 g/mol. The van der Waals surface area contributed by atoms with Gasteiger partial charge in [-0.1, -0.05) is 69.3 Å². The van der Waals surface area contributed by atoms with Crippen LogP contribution in [0.1, 0.15) is 31.9 Å². The number of carbonyl (C=O) groups is 2. The van der Waals surface area contributed by atoms with Gasteiger partial charge in [0.05, 0.1) is 13.7 Å². The van der Waals surface area contributed by atoms with Crippen LogP contribution < -0.4 is 9.64 Å². The minimum atomic E-state index is -4.85. The van der Waals surface area contributed by atoms with Crippen molar-refractivity contribution >= 4 is 17.6 Å². The van der Waals surface area contributed by atoms with Gasteiger partial charge in [-0.25, -0.2) is 4.79 Å². The first kappa shape index (κ1) is 25.8. The molecule has 3 rings (SSSR count). The smallest absolute Gasteiger partial charge is 0.462 e. The van der Waals surface area contributed by atoms with Crippen molar-refractivity contribution in [3.8, 4) is 16.9 Å². The minimum absolute atomic E-state index is 0.0274. The average molecular weight is 486 g/mol. The van der Waals surface area contributed by atoms with Crippen LogP contribution in [0, 0.1) is 0 Å². The number of amides is 1. The second-order valence-corrected chi connectivity index (χ2v) is 8.95. The molecule has 0 atom stereocenters. The number of ether oxygens (including phenoxy) is 2. The van der Waals surface area contributed by atoms with Gasteiger partial charge < -0.3 is 9.47 Å². The van der Waals surface area contributed by atoms with Crippen molar-refractivity contribution in [3.05, 3.63) is 83.9 Å². The van der Waals surface area contributed by atoms with Crippen molar-refractivity contribution in [2.24, 2.45) is 0 Å². The summed E-state index contributed by atoms with van der Waals surface area (Å²) >= 11 is 0. The maximum absolute atomic E-state index is 12.7. The van der Waals surface area contributed by atoms with Crippen molar-refractivity contribution in [2.45, 2.75) is 39.1 Å². The van der Waals surface area contributed by atoms with Crippen LogP contribution >= 0.6 is 0 Å². The lowest BCUT2D eigenvalue weighted by Gasteiger charge is -2.22. The number of carbonyl (C=O) groups excluding carboxylic acids is 2. The van der Waals surface area contributed by atoms with Gasteiger partial charge >= 0.3 is 18.2 Å². The SMILES string of the molecule is COC(=O)C(=O)N(Cc1cccc(OC(F)(F)F)c1)c1ccc(-c2ccc(C(C)(C)C)cc2)cc1. The van der Waals surface area contributed by atoms with E-state index in [0.29, 0.717) is 11.3 Å². The highest BCUT2D eigenvalue weighted by Gasteiger charge is 2.31. The molecule has 8 heteroatoms. The Morgan fingerprint density at radius 3 is 1.94 bits per heavy atom. The topological polar surface area (TPSA) is 55.8 Å².